The number of piperidine rings is 1. The van der Waals surface area contributed by atoms with Gasteiger partial charge >= 0.3 is 0 Å². The monoisotopic (exact) mass is 339 g/mol. The Morgan fingerprint density at radius 1 is 1.17 bits per heavy atom. The SMILES string of the molecule is OC1(c2csc(CN3CCOCC3)n2)CCN(C2COC2)CC1. The molecule has 3 saturated heterocycles. The molecular formula is C16H25N3O3S. The summed E-state index contributed by atoms with van der Waals surface area (Å²) in [5, 5.41) is 14.2. The fourth-order valence-corrected chi connectivity index (χ4v) is 4.43. The third-order valence-electron chi connectivity index (χ3n) is 5.25. The molecule has 128 valence electrons. The molecule has 0 atom stereocenters. The van der Waals surface area contributed by atoms with Crippen LogP contribution in [0.25, 0.3) is 0 Å². The zero-order chi connectivity index (χ0) is 15.7. The van der Waals surface area contributed by atoms with Crippen molar-refractivity contribution in [2.75, 3.05) is 52.6 Å². The number of ether oxygens (including phenoxy) is 2. The lowest BCUT2D eigenvalue weighted by molar-refractivity contribution is -0.102. The molecule has 1 aromatic rings. The molecule has 4 heterocycles. The number of rotatable bonds is 4. The van der Waals surface area contributed by atoms with Crippen molar-refractivity contribution in [2.24, 2.45) is 0 Å². The van der Waals surface area contributed by atoms with Gasteiger partial charge < -0.3 is 14.6 Å². The summed E-state index contributed by atoms with van der Waals surface area (Å²) in [4.78, 5) is 9.56. The third kappa shape index (κ3) is 3.45. The van der Waals surface area contributed by atoms with Crippen LogP contribution in [0, 0.1) is 0 Å². The predicted octanol–water partition coefficient (Wildman–Crippen LogP) is 0.658. The van der Waals surface area contributed by atoms with Gasteiger partial charge in [0, 0.05) is 31.6 Å². The van der Waals surface area contributed by atoms with Crippen LogP contribution >= 0.6 is 11.3 Å². The molecular weight excluding hydrogens is 314 g/mol. The average molecular weight is 339 g/mol. The smallest absolute Gasteiger partial charge is 0.110 e. The minimum Gasteiger partial charge on any atom is -0.383 e. The topological polar surface area (TPSA) is 58.1 Å². The van der Waals surface area contributed by atoms with E-state index in [2.05, 4.69) is 15.2 Å². The van der Waals surface area contributed by atoms with Crippen molar-refractivity contribution in [3.05, 3.63) is 16.1 Å². The molecule has 1 N–H and O–H groups in total. The lowest BCUT2D eigenvalue weighted by atomic mass is 9.88. The lowest BCUT2D eigenvalue weighted by Gasteiger charge is -2.43. The Morgan fingerprint density at radius 3 is 2.57 bits per heavy atom. The summed E-state index contributed by atoms with van der Waals surface area (Å²) in [6.45, 7) is 7.98. The molecule has 3 aliphatic rings. The summed E-state index contributed by atoms with van der Waals surface area (Å²) in [5.41, 5.74) is 0.121. The molecule has 6 nitrogen and oxygen atoms in total. The Hall–Kier alpha value is -0.570. The Kier molecular flexibility index (Phi) is 4.67. The Balaban J connectivity index is 1.35. The van der Waals surface area contributed by atoms with Gasteiger partial charge in [-0.1, -0.05) is 0 Å². The molecule has 23 heavy (non-hydrogen) atoms. The Bertz CT molecular complexity index is 520. The van der Waals surface area contributed by atoms with Gasteiger partial charge in [-0.05, 0) is 12.8 Å². The minimum absolute atomic E-state index is 0.562. The average Bonchev–Trinajstić information content (AvgIpc) is 2.98. The highest BCUT2D eigenvalue weighted by Gasteiger charge is 2.39. The molecule has 3 aliphatic heterocycles. The van der Waals surface area contributed by atoms with Crippen molar-refractivity contribution in [3.8, 4) is 0 Å². The van der Waals surface area contributed by atoms with Gasteiger partial charge in [0.25, 0.3) is 0 Å². The highest BCUT2D eigenvalue weighted by Crippen LogP contribution is 2.34. The van der Waals surface area contributed by atoms with Crippen molar-refractivity contribution in [1.82, 2.24) is 14.8 Å². The molecule has 0 aromatic carbocycles. The van der Waals surface area contributed by atoms with Crippen LogP contribution in [0.5, 0.6) is 0 Å². The molecule has 0 unspecified atom stereocenters. The second kappa shape index (κ2) is 6.74. The normalized spacial score (nSPS) is 27.0. The summed E-state index contributed by atoms with van der Waals surface area (Å²) in [7, 11) is 0. The molecule has 0 bridgehead atoms. The number of aromatic nitrogens is 1. The number of hydrogen-bond donors (Lipinski definition) is 1. The third-order valence-corrected chi connectivity index (χ3v) is 6.09. The number of thiazole rings is 1. The molecule has 0 radical (unpaired) electrons. The first-order valence-electron chi connectivity index (χ1n) is 8.52. The fourth-order valence-electron chi connectivity index (χ4n) is 3.50. The van der Waals surface area contributed by atoms with E-state index in [0.717, 1.165) is 82.7 Å². The van der Waals surface area contributed by atoms with Gasteiger partial charge in [0.1, 0.15) is 10.6 Å². The Morgan fingerprint density at radius 2 is 1.91 bits per heavy atom. The Labute approximate surface area is 141 Å². The first-order valence-corrected chi connectivity index (χ1v) is 9.40. The zero-order valence-corrected chi connectivity index (χ0v) is 14.3. The van der Waals surface area contributed by atoms with Gasteiger partial charge in [0.15, 0.2) is 0 Å². The maximum absolute atomic E-state index is 11.0. The predicted molar refractivity (Wildman–Crippen MR) is 87.5 cm³/mol. The van der Waals surface area contributed by atoms with Crippen molar-refractivity contribution in [3.63, 3.8) is 0 Å². The second-order valence-electron chi connectivity index (χ2n) is 6.77. The quantitative estimate of drug-likeness (QED) is 0.870. The number of aliphatic hydroxyl groups is 1. The van der Waals surface area contributed by atoms with Gasteiger partial charge in [-0.15, -0.1) is 11.3 Å². The van der Waals surface area contributed by atoms with Crippen molar-refractivity contribution >= 4 is 11.3 Å². The molecule has 1 aromatic heterocycles. The molecule has 0 aliphatic carbocycles. The number of nitrogens with zero attached hydrogens (tertiary/aromatic N) is 3. The van der Waals surface area contributed by atoms with Crippen LogP contribution in [0.2, 0.25) is 0 Å². The van der Waals surface area contributed by atoms with Crippen LogP contribution < -0.4 is 0 Å². The number of morpholine rings is 1. The summed E-state index contributed by atoms with van der Waals surface area (Å²) < 4.78 is 10.7. The van der Waals surface area contributed by atoms with E-state index in [1.54, 1.807) is 11.3 Å². The first kappa shape index (κ1) is 15.9. The summed E-state index contributed by atoms with van der Waals surface area (Å²) in [5.74, 6) is 0. The summed E-state index contributed by atoms with van der Waals surface area (Å²) >= 11 is 1.67. The summed E-state index contributed by atoms with van der Waals surface area (Å²) in [6.07, 6.45) is 1.54. The maximum Gasteiger partial charge on any atom is 0.110 e. The van der Waals surface area contributed by atoms with E-state index in [-0.39, 0.29) is 0 Å². The maximum atomic E-state index is 11.0. The molecule has 4 rings (SSSR count). The van der Waals surface area contributed by atoms with E-state index >= 15 is 0 Å². The van der Waals surface area contributed by atoms with Crippen LogP contribution in [-0.4, -0.2) is 78.5 Å². The van der Waals surface area contributed by atoms with Crippen LogP contribution in [0.1, 0.15) is 23.5 Å². The number of hydrogen-bond acceptors (Lipinski definition) is 7. The minimum atomic E-state index is -0.749. The highest BCUT2D eigenvalue weighted by atomic mass is 32.1. The van der Waals surface area contributed by atoms with Crippen molar-refractivity contribution in [1.29, 1.82) is 0 Å². The van der Waals surface area contributed by atoms with Gasteiger partial charge in [0.2, 0.25) is 0 Å². The second-order valence-corrected chi connectivity index (χ2v) is 7.72. The van der Waals surface area contributed by atoms with E-state index in [1.165, 1.54) is 0 Å². The van der Waals surface area contributed by atoms with Crippen LogP contribution in [0.4, 0.5) is 0 Å². The standard InChI is InChI=1S/C16H25N3O3S/c20-16(1-3-19(4-2-16)13-10-22-11-13)14-12-23-15(17-14)9-18-5-7-21-8-6-18/h12-13,20H,1-11H2. The van der Waals surface area contributed by atoms with E-state index in [1.807, 2.05) is 0 Å². The van der Waals surface area contributed by atoms with Gasteiger partial charge in [0.05, 0.1) is 44.7 Å². The fraction of sp³-hybridized carbons (Fsp3) is 0.812. The van der Waals surface area contributed by atoms with Crippen molar-refractivity contribution in [2.45, 2.75) is 31.0 Å². The number of likely N-dealkylation sites (tertiary alicyclic amines) is 1. The molecule has 0 spiro atoms. The summed E-state index contributed by atoms with van der Waals surface area (Å²) in [6, 6.07) is 0.562. The van der Waals surface area contributed by atoms with Crippen LogP contribution in [-0.2, 0) is 21.6 Å². The van der Waals surface area contributed by atoms with Crippen LogP contribution in [0.15, 0.2) is 5.38 Å². The molecule has 3 fully saturated rings. The van der Waals surface area contributed by atoms with Gasteiger partial charge in [-0.3, -0.25) is 9.80 Å². The lowest BCUT2D eigenvalue weighted by Crippen LogP contribution is -2.54. The van der Waals surface area contributed by atoms with Gasteiger partial charge in [-0.25, -0.2) is 4.98 Å². The van der Waals surface area contributed by atoms with Crippen molar-refractivity contribution < 1.29 is 14.6 Å². The molecule has 0 amide bonds. The van der Waals surface area contributed by atoms with E-state index in [4.69, 9.17) is 14.5 Å². The van der Waals surface area contributed by atoms with Gasteiger partial charge in [-0.2, -0.15) is 0 Å². The highest BCUT2D eigenvalue weighted by molar-refractivity contribution is 7.09. The largest absolute Gasteiger partial charge is 0.383 e. The van der Waals surface area contributed by atoms with E-state index in [9.17, 15) is 5.11 Å². The molecule has 0 saturated carbocycles. The molecule has 7 heteroatoms. The van der Waals surface area contributed by atoms with E-state index < -0.39 is 5.60 Å². The zero-order valence-electron chi connectivity index (χ0n) is 13.4. The first-order chi connectivity index (χ1) is 11.2. The van der Waals surface area contributed by atoms with Crippen LogP contribution in [0.3, 0.4) is 0 Å². The van der Waals surface area contributed by atoms with E-state index in [0.29, 0.717) is 6.04 Å².